The first-order valence-electron chi connectivity index (χ1n) is 8.84. The summed E-state index contributed by atoms with van der Waals surface area (Å²) < 4.78 is 0. The molecule has 2 rings (SSSR count). The summed E-state index contributed by atoms with van der Waals surface area (Å²) in [6, 6.07) is 0.588. The van der Waals surface area contributed by atoms with Gasteiger partial charge < -0.3 is 10.2 Å². The van der Waals surface area contributed by atoms with Gasteiger partial charge in [0.05, 0.1) is 0 Å². The van der Waals surface area contributed by atoms with Crippen molar-refractivity contribution in [2.75, 3.05) is 26.7 Å². The van der Waals surface area contributed by atoms with Gasteiger partial charge in [0.1, 0.15) is 0 Å². The number of fused-ring (bicyclic) bond motifs is 2. The van der Waals surface area contributed by atoms with Gasteiger partial charge in [0.25, 0.3) is 0 Å². The summed E-state index contributed by atoms with van der Waals surface area (Å²) in [6.07, 6.45) is 7.31. The molecule has 4 atom stereocenters. The van der Waals surface area contributed by atoms with E-state index in [1.54, 1.807) is 0 Å². The molecule has 2 aliphatic carbocycles. The molecule has 0 amide bonds. The van der Waals surface area contributed by atoms with Crippen molar-refractivity contribution >= 4 is 0 Å². The van der Waals surface area contributed by atoms with E-state index < -0.39 is 0 Å². The van der Waals surface area contributed by atoms with Crippen LogP contribution in [0.1, 0.15) is 59.8 Å². The minimum atomic E-state index is 0.349. The quantitative estimate of drug-likeness (QED) is 0.728. The van der Waals surface area contributed by atoms with Gasteiger partial charge in [-0.2, -0.15) is 0 Å². The maximum atomic E-state index is 3.67. The summed E-state index contributed by atoms with van der Waals surface area (Å²) >= 11 is 0. The Morgan fingerprint density at radius 1 is 1.25 bits per heavy atom. The molecule has 0 aliphatic heterocycles. The van der Waals surface area contributed by atoms with Gasteiger partial charge in [-0.05, 0) is 69.4 Å². The fraction of sp³-hybridized carbons (Fsp3) is 1.00. The van der Waals surface area contributed by atoms with E-state index in [1.807, 2.05) is 0 Å². The van der Waals surface area contributed by atoms with Crippen molar-refractivity contribution in [1.82, 2.24) is 10.2 Å². The van der Waals surface area contributed by atoms with E-state index in [4.69, 9.17) is 0 Å². The van der Waals surface area contributed by atoms with Gasteiger partial charge in [-0.15, -0.1) is 0 Å². The lowest BCUT2D eigenvalue weighted by Gasteiger charge is -2.38. The Hall–Kier alpha value is -0.0800. The fourth-order valence-electron chi connectivity index (χ4n) is 4.53. The molecule has 0 aromatic carbocycles. The van der Waals surface area contributed by atoms with E-state index in [1.165, 1.54) is 45.2 Å². The summed E-state index contributed by atoms with van der Waals surface area (Å²) in [5.74, 6) is 3.13. The van der Waals surface area contributed by atoms with Crippen molar-refractivity contribution in [3.63, 3.8) is 0 Å². The molecule has 1 N–H and O–H groups in total. The maximum Gasteiger partial charge on any atom is 0.0102 e. The van der Waals surface area contributed by atoms with E-state index in [0.717, 1.165) is 24.3 Å². The van der Waals surface area contributed by atoms with Gasteiger partial charge in [0.15, 0.2) is 0 Å². The lowest BCUT2D eigenvalue weighted by atomic mass is 9.83. The fourth-order valence-corrected chi connectivity index (χ4v) is 4.53. The Bertz CT molecular complexity index is 300. The number of nitrogens with zero attached hydrogens (tertiary/aromatic N) is 1. The van der Waals surface area contributed by atoms with Crippen LogP contribution in [0, 0.1) is 23.2 Å². The Morgan fingerprint density at radius 3 is 2.55 bits per heavy atom. The molecule has 2 saturated carbocycles. The molecule has 20 heavy (non-hydrogen) atoms. The van der Waals surface area contributed by atoms with Crippen molar-refractivity contribution in [2.45, 2.75) is 65.8 Å². The lowest BCUT2D eigenvalue weighted by molar-refractivity contribution is 0.135. The van der Waals surface area contributed by atoms with E-state index in [0.29, 0.717) is 11.5 Å². The summed E-state index contributed by atoms with van der Waals surface area (Å²) in [5.41, 5.74) is 0.349. The highest BCUT2D eigenvalue weighted by Gasteiger charge is 2.40. The third-order valence-corrected chi connectivity index (χ3v) is 5.98. The Morgan fingerprint density at radius 2 is 2.00 bits per heavy atom. The second-order valence-electron chi connectivity index (χ2n) is 8.30. The Kier molecular flexibility index (Phi) is 5.53. The third-order valence-electron chi connectivity index (χ3n) is 5.98. The highest BCUT2D eigenvalue weighted by Crippen LogP contribution is 2.48. The van der Waals surface area contributed by atoms with Gasteiger partial charge >= 0.3 is 0 Å². The highest BCUT2D eigenvalue weighted by molar-refractivity contribution is 4.92. The largest absolute Gasteiger partial charge is 0.314 e. The van der Waals surface area contributed by atoms with Crippen LogP contribution < -0.4 is 5.32 Å². The smallest absolute Gasteiger partial charge is 0.0102 e. The third kappa shape index (κ3) is 3.98. The van der Waals surface area contributed by atoms with Crippen LogP contribution in [0.4, 0.5) is 0 Å². The number of hydrogen-bond donors (Lipinski definition) is 1. The number of nitrogens with one attached hydrogen (secondary N) is 1. The van der Waals surface area contributed by atoms with Crippen molar-refractivity contribution in [3.8, 4) is 0 Å². The molecular formula is C18H36N2. The van der Waals surface area contributed by atoms with E-state index >= 15 is 0 Å². The molecule has 0 saturated heterocycles. The molecule has 2 heteroatoms. The molecule has 0 aromatic heterocycles. The van der Waals surface area contributed by atoms with Crippen LogP contribution >= 0.6 is 0 Å². The van der Waals surface area contributed by atoms with Crippen molar-refractivity contribution < 1.29 is 0 Å². The second kappa shape index (κ2) is 6.79. The Balaban J connectivity index is 1.76. The summed E-state index contributed by atoms with van der Waals surface area (Å²) in [4.78, 5) is 2.61. The molecule has 2 bridgehead atoms. The zero-order chi connectivity index (χ0) is 14.8. The van der Waals surface area contributed by atoms with Crippen molar-refractivity contribution in [2.24, 2.45) is 23.2 Å². The lowest BCUT2D eigenvalue weighted by Crippen LogP contribution is -2.47. The molecule has 4 unspecified atom stereocenters. The predicted octanol–water partition coefficient (Wildman–Crippen LogP) is 3.77. The van der Waals surface area contributed by atoms with Crippen LogP contribution in [-0.4, -0.2) is 37.6 Å². The topological polar surface area (TPSA) is 15.3 Å². The van der Waals surface area contributed by atoms with Crippen molar-refractivity contribution in [1.29, 1.82) is 0 Å². The van der Waals surface area contributed by atoms with Gasteiger partial charge in [-0.1, -0.05) is 27.2 Å². The molecule has 0 heterocycles. The van der Waals surface area contributed by atoms with Crippen LogP contribution in [0.25, 0.3) is 0 Å². The first-order chi connectivity index (χ1) is 9.42. The monoisotopic (exact) mass is 280 g/mol. The zero-order valence-electron chi connectivity index (χ0n) is 14.4. The highest BCUT2D eigenvalue weighted by atomic mass is 15.1. The molecular weight excluding hydrogens is 244 g/mol. The van der Waals surface area contributed by atoms with E-state index in [2.05, 4.69) is 45.0 Å². The first-order valence-corrected chi connectivity index (χ1v) is 8.84. The van der Waals surface area contributed by atoms with Gasteiger partial charge in [-0.25, -0.2) is 0 Å². The molecule has 2 nitrogen and oxygen atoms in total. The normalized spacial score (nSPS) is 31.2. The molecule has 0 radical (unpaired) electrons. The summed E-state index contributed by atoms with van der Waals surface area (Å²) in [5, 5.41) is 3.67. The van der Waals surface area contributed by atoms with Crippen LogP contribution in [0.2, 0.25) is 0 Å². The van der Waals surface area contributed by atoms with Crippen LogP contribution in [0.5, 0.6) is 0 Å². The summed E-state index contributed by atoms with van der Waals surface area (Å²) in [7, 11) is 2.33. The van der Waals surface area contributed by atoms with Gasteiger partial charge in [0.2, 0.25) is 0 Å². The van der Waals surface area contributed by atoms with Crippen LogP contribution in [0.3, 0.4) is 0 Å². The molecule has 118 valence electrons. The van der Waals surface area contributed by atoms with Crippen LogP contribution in [0.15, 0.2) is 0 Å². The predicted molar refractivity (Wildman–Crippen MR) is 88.0 cm³/mol. The molecule has 2 fully saturated rings. The van der Waals surface area contributed by atoms with Gasteiger partial charge in [-0.3, -0.25) is 0 Å². The average molecular weight is 280 g/mol. The van der Waals surface area contributed by atoms with E-state index in [9.17, 15) is 0 Å². The SMILES string of the molecule is CCCNC(C)C(C)(C)CN(C)CC1CC2CCC1C2. The summed E-state index contributed by atoms with van der Waals surface area (Å²) in [6.45, 7) is 13.1. The molecule has 2 aliphatic rings. The van der Waals surface area contributed by atoms with Crippen molar-refractivity contribution in [3.05, 3.63) is 0 Å². The number of hydrogen-bond acceptors (Lipinski definition) is 2. The van der Waals surface area contributed by atoms with Gasteiger partial charge in [0, 0.05) is 19.1 Å². The van der Waals surface area contributed by atoms with Crippen LogP contribution in [-0.2, 0) is 0 Å². The zero-order valence-corrected chi connectivity index (χ0v) is 14.4. The van der Waals surface area contributed by atoms with E-state index in [-0.39, 0.29) is 0 Å². The first kappa shape index (κ1) is 16.3. The minimum absolute atomic E-state index is 0.349. The number of rotatable bonds is 8. The second-order valence-corrected chi connectivity index (χ2v) is 8.30. The standard InChI is InChI=1S/C18H36N2/c1-6-9-19-14(2)18(3,4)13-20(5)12-17-11-15-7-8-16(17)10-15/h14-17,19H,6-13H2,1-5H3. The Labute approximate surface area is 126 Å². The average Bonchev–Trinajstić information content (AvgIpc) is 2.97. The maximum absolute atomic E-state index is 3.67. The molecule has 0 spiro atoms. The minimum Gasteiger partial charge on any atom is -0.314 e. The molecule has 0 aromatic rings.